The molecule has 1 heterocycles. The Morgan fingerprint density at radius 3 is 2.40 bits per heavy atom. The molecule has 1 atom stereocenters. The Morgan fingerprint density at radius 1 is 1.27 bits per heavy atom. The summed E-state index contributed by atoms with van der Waals surface area (Å²) >= 11 is 0. The van der Waals surface area contributed by atoms with Crippen LogP contribution in [0.25, 0.3) is 0 Å². The predicted molar refractivity (Wildman–Crippen MR) is 67.0 cm³/mol. The van der Waals surface area contributed by atoms with E-state index >= 15 is 0 Å². The van der Waals surface area contributed by atoms with Crippen LogP contribution in [0.2, 0.25) is 0 Å². The lowest BCUT2D eigenvalue weighted by Gasteiger charge is -2.27. The third kappa shape index (κ3) is 3.46. The quantitative estimate of drug-likeness (QED) is 0.733. The molecule has 0 aromatic carbocycles. The lowest BCUT2D eigenvalue weighted by Crippen LogP contribution is -2.37. The second kappa shape index (κ2) is 5.86. The first-order chi connectivity index (χ1) is 7.15. The van der Waals surface area contributed by atoms with Gasteiger partial charge in [0.1, 0.15) is 0 Å². The number of likely N-dealkylation sites (tertiary alicyclic amines) is 1. The van der Waals surface area contributed by atoms with Crippen LogP contribution >= 0.6 is 0 Å². The molecule has 0 radical (unpaired) electrons. The molecule has 0 aliphatic carbocycles. The van der Waals surface area contributed by atoms with Crippen LogP contribution in [0.4, 0.5) is 0 Å². The van der Waals surface area contributed by atoms with Crippen molar-refractivity contribution < 1.29 is 0 Å². The van der Waals surface area contributed by atoms with Gasteiger partial charge < -0.3 is 10.6 Å². The minimum Gasteiger partial charge on any atom is -0.327 e. The van der Waals surface area contributed by atoms with Crippen LogP contribution in [0.3, 0.4) is 0 Å². The van der Waals surface area contributed by atoms with E-state index in [1.54, 1.807) is 0 Å². The molecule has 0 aromatic heterocycles. The number of nitrogens with zero attached hydrogens (tertiary/aromatic N) is 1. The van der Waals surface area contributed by atoms with Crippen molar-refractivity contribution in [2.24, 2.45) is 11.1 Å². The summed E-state index contributed by atoms with van der Waals surface area (Å²) in [5.74, 6) is 0. The predicted octanol–water partition coefficient (Wildman–Crippen LogP) is 2.63. The fourth-order valence-electron chi connectivity index (χ4n) is 2.80. The molecule has 1 aliphatic heterocycles. The van der Waals surface area contributed by atoms with Crippen molar-refractivity contribution in [2.45, 2.75) is 58.9 Å². The maximum Gasteiger partial charge on any atom is 0.0167 e. The molecular formula is C13H28N2. The first-order valence-corrected chi connectivity index (χ1v) is 6.63. The summed E-state index contributed by atoms with van der Waals surface area (Å²) in [6, 6.07) is 0.388. The van der Waals surface area contributed by atoms with Gasteiger partial charge in [-0.1, -0.05) is 27.2 Å². The lowest BCUT2D eigenvalue weighted by atomic mass is 9.82. The summed E-state index contributed by atoms with van der Waals surface area (Å²) in [5.41, 5.74) is 6.70. The molecule has 90 valence electrons. The molecule has 0 spiro atoms. The van der Waals surface area contributed by atoms with Gasteiger partial charge in [-0.25, -0.2) is 0 Å². The molecule has 1 saturated heterocycles. The van der Waals surface area contributed by atoms with E-state index in [0.717, 1.165) is 6.54 Å². The Hall–Kier alpha value is -0.0800. The Kier molecular flexibility index (Phi) is 5.07. The van der Waals surface area contributed by atoms with E-state index in [4.69, 9.17) is 5.73 Å². The monoisotopic (exact) mass is 212 g/mol. The Balaban J connectivity index is 2.35. The summed E-state index contributed by atoms with van der Waals surface area (Å²) < 4.78 is 0. The van der Waals surface area contributed by atoms with E-state index in [1.807, 2.05) is 0 Å². The van der Waals surface area contributed by atoms with Gasteiger partial charge >= 0.3 is 0 Å². The largest absolute Gasteiger partial charge is 0.327 e. The summed E-state index contributed by atoms with van der Waals surface area (Å²) in [6.45, 7) is 10.5. The second-order valence-corrected chi connectivity index (χ2v) is 5.24. The van der Waals surface area contributed by atoms with Crippen molar-refractivity contribution in [3.63, 3.8) is 0 Å². The highest BCUT2D eigenvalue weighted by atomic mass is 15.2. The van der Waals surface area contributed by atoms with Crippen LogP contribution in [0.5, 0.6) is 0 Å². The van der Waals surface area contributed by atoms with Crippen LogP contribution in [0.15, 0.2) is 0 Å². The topological polar surface area (TPSA) is 29.3 Å². The molecule has 2 heteroatoms. The van der Waals surface area contributed by atoms with E-state index in [9.17, 15) is 0 Å². The van der Waals surface area contributed by atoms with Crippen molar-refractivity contribution in [3.05, 3.63) is 0 Å². The van der Waals surface area contributed by atoms with Crippen molar-refractivity contribution in [1.29, 1.82) is 0 Å². The average Bonchev–Trinajstić information content (AvgIpc) is 2.63. The van der Waals surface area contributed by atoms with E-state index in [1.165, 1.54) is 45.2 Å². The fraction of sp³-hybridized carbons (Fsp3) is 1.00. The first-order valence-electron chi connectivity index (χ1n) is 6.63. The molecule has 0 bridgehead atoms. The zero-order valence-corrected chi connectivity index (χ0v) is 10.8. The first kappa shape index (κ1) is 13.0. The molecule has 1 rings (SSSR count). The minimum absolute atomic E-state index is 0.388. The summed E-state index contributed by atoms with van der Waals surface area (Å²) in [5, 5.41) is 0. The van der Waals surface area contributed by atoms with Crippen LogP contribution in [0, 0.1) is 5.41 Å². The molecule has 0 saturated carbocycles. The summed E-state index contributed by atoms with van der Waals surface area (Å²) in [7, 11) is 0. The molecule has 0 aromatic rings. The van der Waals surface area contributed by atoms with Gasteiger partial charge in [-0.2, -0.15) is 0 Å². The number of hydrogen-bond acceptors (Lipinski definition) is 2. The van der Waals surface area contributed by atoms with Crippen molar-refractivity contribution in [3.8, 4) is 0 Å². The number of hydrogen-bond donors (Lipinski definition) is 1. The zero-order chi connectivity index (χ0) is 11.3. The maximum absolute atomic E-state index is 6.09. The molecule has 1 unspecified atom stereocenters. The Morgan fingerprint density at radius 2 is 1.93 bits per heavy atom. The van der Waals surface area contributed by atoms with Gasteiger partial charge in [0, 0.05) is 19.1 Å². The lowest BCUT2D eigenvalue weighted by molar-refractivity contribution is 0.230. The van der Waals surface area contributed by atoms with Gasteiger partial charge in [0.25, 0.3) is 0 Å². The third-order valence-corrected chi connectivity index (χ3v) is 4.17. The van der Waals surface area contributed by atoms with E-state index in [-0.39, 0.29) is 0 Å². The molecule has 2 N–H and O–H groups in total. The highest BCUT2D eigenvalue weighted by Crippen LogP contribution is 2.36. The molecule has 2 nitrogen and oxygen atoms in total. The van der Waals surface area contributed by atoms with Gasteiger partial charge in [0.05, 0.1) is 0 Å². The smallest absolute Gasteiger partial charge is 0.0167 e. The average molecular weight is 212 g/mol. The third-order valence-electron chi connectivity index (χ3n) is 4.17. The van der Waals surface area contributed by atoms with Gasteiger partial charge in [0.2, 0.25) is 0 Å². The SMILES string of the molecule is CCCC(N)CN1CCC(CC)(CC)C1. The van der Waals surface area contributed by atoms with Crippen LogP contribution in [0.1, 0.15) is 52.9 Å². The van der Waals surface area contributed by atoms with Crippen molar-refractivity contribution >= 4 is 0 Å². The standard InChI is InChI=1S/C13H28N2/c1-4-7-12(14)10-15-9-8-13(5-2,6-3)11-15/h12H,4-11,14H2,1-3H3. The Labute approximate surface area is 95.2 Å². The summed E-state index contributed by atoms with van der Waals surface area (Å²) in [6.07, 6.45) is 6.40. The highest BCUT2D eigenvalue weighted by molar-refractivity contribution is 4.88. The number of nitrogens with two attached hydrogens (primary N) is 1. The van der Waals surface area contributed by atoms with Crippen LogP contribution in [-0.4, -0.2) is 30.6 Å². The van der Waals surface area contributed by atoms with Crippen LogP contribution < -0.4 is 5.73 Å². The fourth-order valence-corrected chi connectivity index (χ4v) is 2.80. The molecule has 1 fully saturated rings. The van der Waals surface area contributed by atoms with E-state index in [0.29, 0.717) is 11.5 Å². The Bertz CT molecular complexity index is 175. The zero-order valence-electron chi connectivity index (χ0n) is 10.8. The van der Waals surface area contributed by atoms with E-state index < -0.39 is 0 Å². The highest BCUT2D eigenvalue weighted by Gasteiger charge is 2.34. The van der Waals surface area contributed by atoms with Crippen LogP contribution in [-0.2, 0) is 0 Å². The number of rotatable bonds is 6. The van der Waals surface area contributed by atoms with Crippen molar-refractivity contribution in [1.82, 2.24) is 4.90 Å². The molecule has 1 aliphatic rings. The van der Waals surface area contributed by atoms with Gasteiger partial charge in [-0.05, 0) is 37.6 Å². The summed E-state index contributed by atoms with van der Waals surface area (Å²) in [4.78, 5) is 2.58. The normalized spacial score (nSPS) is 23.2. The van der Waals surface area contributed by atoms with Gasteiger partial charge in [-0.3, -0.25) is 0 Å². The second-order valence-electron chi connectivity index (χ2n) is 5.24. The molecular weight excluding hydrogens is 184 g/mol. The minimum atomic E-state index is 0.388. The molecule has 15 heavy (non-hydrogen) atoms. The maximum atomic E-state index is 6.09. The van der Waals surface area contributed by atoms with Gasteiger partial charge in [-0.15, -0.1) is 0 Å². The van der Waals surface area contributed by atoms with Crippen molar-refractivity contribution in [2.75, 3.05) is 19.6 Å². The van der Waals surface area contributed by atoms with E-state index in [2.05, 4.69) is 25.7 Å². The molecule has 0 amide bonds. The van der Waals surface area contributed by atoms with Gasteiger partial charge in [0.15, 0.2) is 0 Å².